The van der Waals surface area contributed by atoms with Gasteiger partial charge in [-0.1, -0.05) is 54.1 Å². The van der Waals surface area contributed by atoms with Crippen LogP contribution < -0.4 is 15.4 Å². The highest BCUT2D eigenvalue weighted by Gasteiger charge is 2.26. The third-order valence-electron chi connectivity index (χ3n) is 5.34. The number of benzene rings is 3. The highest BCUT2D eigenvalue weighted by atomic mass is 35.5. The summed E-state index contributed by atoms with van der Waals surface area (Å²) in [5.74, 6) is 1.12. The number of hydrogen-bond donors (Lipinski definition) is 2. The van der Waals surface area contributed by atoms with Crippen molar-refractivity contribution in [2.24, 2.45) is 0 Å². The van der Waals surface area contributed by atoms with Crippen molar-refractivity contribution in [1.82, 2.24) is 14.8 Å². The number of fused-ring (bicyclic) bond motifs is 1. The van der Waals surface area contributed by atoms with Crippen LogP contribution in [0.1, 0.15) is 27.5 Å². The standard InChI is InChI=1S/C25H20ClN5O2/c1-33-20-13-9-18(10-14-20)23(32)28-24-29-25-27-21(16-7-11-19(26)12-8-16)15-22(31(25)30-24)17-5-3-2-4-6-17/h2-15,22H,1H3,(H2,27,28,29,30,32). The molecule has 1 aliphatic rings. The number of halogens is 1. The predicted octanol–water partition coefficient (Wildman–Crippen LogP) is 5.25. The van der Waals surface area contributed by atoms with Crippen molar-refractivity contribution in [2.75, 3.05) is 17.7 Å². The molecule has 5 rings (SSSR count). The Morgan fingerprint density at radius 3 is 2.45 bits per heavy atom. The number of ether oxygens (including phenoxy) is 1. The van der Waals surface area contributed by atoms with Gasteiger partial charge in [-0.3, -0.25) is 10.1 Å². The van der Waals surface area contributed by atoms with Gasteiger partial charge < -0.3 is 10.1 Å². The number of carbonyl (C=O) groups excluding carboxylic acids is 1. The van der Waals surface area contributed by atoms with Gasteiger partial charge in [0.2, 0.25) is 5.95 Å². The summed E-state index contributed by atoms with van der Waals surface area (Å²) >= 11 is 6.06. The summed E-state index contributed by atoms with van der Waals surface area (Å²) in [6.45, 7) is 0. The molecule has 0 saturated heterocycles. The molecule has 8 heteroatoms. The van der Waals surface area contributed by atoms with Crippen LogP contribution in [0, 0.1) is 0 Å². The van der Waals surface area contributed by atoms with Gasteiger partial charge >= 0.3 is 0 Å². The van der Waals surface area contributed by atoms with Crippen molar-refractivity contribution in [3.63, 3.8) is 0 Å². The zero-order valence-corrected chi connectivity index (χ0v) is 18.5. The summed E-state index contributed by atoms with van der Waals surface area (Å²) < 4.78 is 6.91. The number of allylic oxidation sites excluding steroid dienone is 1. The first-order valence-corrected chi connectivity index (χ1v) is 10.7. The van der Waals surface area contributed by atoms with E-state index in [1.165, 1.54) is 0 Å². The Bertz CT molecular complexity index is 1320. The van der Waals surface area contributed by atoms with E-state index in [1.807, 2.05) is 54.6 Å². The number of aromatic nitrogens is 3. The summed E-state index contributed by atoms with van der Waals surface area (Å²) in [6.07, 6.45) is 2.08. The molecule has 1 aromatic heterocycles. The van der Waals surface area contributed by atoms with Gasteiger partial charge in [0.1, 0.15) is 11.8 Å². The molecule has 7 nitrogen and oxygen atoms in total. The molecule has 164 valence electrons. The van der Waals surface area contributed by atoms with Gasteiger partial charge in [0.25, 0.3) is 11.9 Å². The number of carbonyl (C=O) groups is 1. The number of nitrogens with one attached hydrogen (secondary N) is 2. The van der Waals surface area contributed by atoms with Crippen LogP contribution in [0.5, 0.6) is 5.75 Å². The van der Waals surface area contributed by atoms with Crippen molar-refractivity contribution in [3.8, 4) is 5.75 Å². The number of anilines is 2. The number of hydrogen-bond acceptors (Lipinski definition) is 5. The van der Waals surface area contributed by atoms with Crippen LogP contribution in [0.2, 0.25) is 5.02 Å². The number of methoxy groups -OCH3 is 1. The zero-order valence-electron chi connectivity index (χ0n) is 17.7. The Labute approximate surface area is 195 Å². The molecule has 1 atom stereocenters. The molecule has 2 N–H and O–H groups in total. The Morgan fingerprint density at radius 1 is 1.03 bits per heavy atom. The molecule has 4 aromatic rings. The molecule has 1 aliphatic heterocycles. The van der Waals surface area contributed by atoms with Gasteiger partial charge in [-0.15, -0.1) is 5.10 Å². The molecule has 0 spiro atoms. The molecule has 2 heterocycles. The number of amides is 1. The Morgan fingerprint density at radius 2 is 1.76 bits per heavy atom. The maximum Gasteiger partial charge on any atom is 0.258 e. The lowest BCUT2D eigenvalue weighted by molar-refractivity contribution is 0.102. The Kier molecular flexibility index (Phi) is 5.54. The number of rotatable bonds is 5. The molecule has 1 amide bonds. The van der Waals surface area contributed by atoms with Crippen LogP contribution in [0.4, 0.5) is 11.9 Å². The maximum atomic E-state index is 12.7. The molecular formula is C25H20ClN5O2. The lowest BCUT2D eigenvalue weighted by Gasteiger charge is -2.24. The molecule has 0 fully saturated rings. The van der Waals surface area contributed by atoms with Crippen molar-refractivity contribution < 1.29 is 9.53 Å². The van der Waals surface area contributed by atoms with E-state index in [4.69, 9.17) is 16.3 Å². The van der Waals surface area contributed by atoms with Gasteiger partial charge in [-0.2, -0.15) is 4.98 Å². The Balaban J connectivity index is 1.47. The fraction of sp³-hybridized carbons (Fsp3) is 0.0800. The average Bonchev–Trinajstić information content (AvgIpc) is 3.26. The first kappa shape index (κ1) is 20.8. The van der Waals surface area contributed by atoms with E-state index >= 15 is 0 Å². The van der Waals surface area contributed by atoms with Gasteiger partial charge in [-0.25, -0.2) is 4.68 Å². The second-order valence-electron chi connectivity index (χ2n) is 7.45. The predicted molar refractivity (Wildman–Crippen MR) is 129 cm³/mol. The minimum Gasteiger partial charge on any atom is -0.497 e. The fourth-order valence-corrected chi connectivity index (χ4v) is 3.77. The highest BCUT2D eigenvalue weighted by molar-refractivity contribution is 6.30. The first-order chi connectivity index (χ1) is 16.1. The lowest BCUT2D eigenvalue weighted by atomic mass is 10.0. The van der Waals surface area contributed by atoms with Crippen LogP contribution in [-0.2, 0) is 0 Å². The summed E-state index contributed by atoms with van der Waals surface area (Å²) in [6, 6.07) is 24.2. The first-order valence-electron chi connectivity index (χ1n) is 10.3. The largest absolute Gasteiger partial charge is 0.497 e. The summed E-state index contributed by atoms with van der Waals surface area (Å²) in [7, 11) is 1.58. The fourth-order valence-electron chi connectivity index (χ4n) is 3.65. The topological polar surface area (TPSA) is 81.1 Å². The lowest BCUT2D eigenvalue weighted by Crippen LogP contribution is -2.20. The van der Waals surface area contributed by atoms with Gasteiger partial charge in [0.15, 0.2) is 0 Å². The van der Waals surface area contributed by atoms with Crippen molar-refractivity contribution in [2.45, 2.75) is 6.04 Å². The third kappa shape index (κ3) is 4.31. The summed E-state index contributed by atoms with van der Waals surface area (Å²) in [5.41, 5.74) is 3.38. The molecule has 3 aromatic carbocycles. The van der Waals surface area contributed by atoms with E-state index < -0.39 is 0 Å². The second-order valence-corrected chi connectivity index (χ2v) is 7.89. The van der Waals surface area contributed by atoms with E-state index in [9.17, 15) is 4.79 Å². The van der Waals surface area contributed by atoms with E-state index in [0.29, 0.717) is 22.3 Å². The summed E-state index contributed by atoms with van der Waals surface area (Å²) in [4.78, 5) is 17.2. The third-order valence-corrected chi connectivity index (χ3v) is 5.59. The molecule has 0 radical (unpaired) electrons. The van der Waals surface area contributed by atoms with Crippen molar-refractivity contribution >= 4 is 35.1 Å². The van der Waals surface area contributed by atoms with Crippen LogP contribution in [0.15, 0.2) is 84.9 Å². The molecule has 0 saturated carbocycles. The van der Waals surface area contributed by atoms with Crippen LogP contribution in [-0.4, -0.2) is 27.8 Å². The normalized spacial score (nSPS) is 14.6. The molecule has 1 unspecified atom stereocenters. The van der Waals surface area contributed by atoms with E-state index in [2.05, 4.69) is 26.8 Å². The quantitative estimate of drug-likeness (QED) is 0.428. The number of nitrogens with zero attached hydrogens (tertiary/aromatic N) is 3. The average molecular weight is 458 g/mol. The van der Waals surface area contributed by atoms with Gasteiger partial charge in [-0.05, 0) is 53.6 Å². The molecular weight excluding hydrogens is 438 g/mol. The minimum absolute atomic E-state index is 0.202. The van der Waals surface area contributed by atoms with Gasteiger partial charge in [0.05, 0.1) is 7.11 Å². The summed E-state index contributed by atoms with van der Waals surface area (Å²) in [5, 5.41) is 11.3. The highest BCUT2D eigenvalue weighted by Crippen LogP contribution is 2.33. The van der Waals surface area contributed by atoms with Crippen LogP contribution in [0.25, 0.3) is 5.70 Å². The molecule has 33 heavy (non-hydrogen) atoms. The van der Waals surface area contributed by atoms with Crippen LogP contribution >= 0.6 is 11.6 Å². The molecule has 0 bridgehead atoms. The van der Waals surface area contributed by atoms with E-state index in [-0.39, 0.29) is 17.9 Å². The zero-order chi connectivity index (χ0) is 22.8. The molecule has 0 aliphatic carbocycles. The minimum atomic E-state index is -0.303. The van der Waals surface area contributed by atoms with Crippen molar-refractivity contribution in [3.05, 3.63) is 107 Å². The monoisotopic (exact) mass is 457 g/mol. The van der Waals surface area contributed by atoms with Gasteiger partial charge in [0, 0.05) is 16.3 Å². The smallest absolute Gasteiger partial charge is 0.258 e. The SMILES string of the molecule is COc1ccc(C(=O)Nc2nc3n(n2)C(c2ccccc2)C=C(c2ccc(Cl)cc2)N3)cc1. The maximum absolute atomic E-state index is 12.7. The van der Waals surface area contributed by atoms with Crippen LogP contribution in [0.3, 0.4) is 0 Å². The van der Waals surface area contributed by atoms with E-state index in [1.54, 1.807) is 36.1 Å². The van der Waals surface area contributed by atoms with E-state index in [0.717, 1.165) is 16.8 Å². The van der Waals surface area contributed by atoms with Crippen molar-refractivity contribution in [1.29, 1.82) is 0 Å². The second kappa shape index (κ2) is 8.80. The Hall–Kier alpha value is -4.10.